The quantitative estimate of drug-likeness (QED) is 0.684. The molecule has 1 aromatic heterocycles. The van der Waals surface area contributed by atoms with Crippen LogP contribution in [0.15, 0.2) is 60.9 Å². The van der Waals surface area contributed by atoms with Gasteiger partial charge in [0.2, 0.25) is 0 Å². The van der Waals surface area contributed by atoms with E-state index in [1.807, 2.05) is 29.9 Å². The number of carbonyl (C=O) groups is 1. The number of carbonyl (C=O) groups excluding carboxylic acids is 1. The molecule has 0 radical (unpaired) electrons. The number of benzene rings is 2. The molecule has 1 atom stereocenters. The molecule has 134 valence electrons. The fraction of sp³-hybridized carbons (Fsp3) is 0.158. The summed E-state index contributed by atoms with van der Waals surface area (Å²) < 4.78 is 1.89. The standard InChI is InChI=1S/C19H18Cl2N4O/c1-24-11-10-22-18(24)17(13-6-8-14(20)9-7-13)25(2)19(26)23-16-5-3-4-15(21)12-16/h3-12,17H,1-2H3,(H,23,26)/t17-/m0/s1. The average molecular weight is 389 g/mol. The van der Waals surface area contributed by atoms with E-state index in [-0.39, 0.29) is 12.1 Å². The van der Waals surface area contributed by atoms with Gasteiger partial charge in [-0.15, -0.1) is 0 Å². The predicted molar refractivity (Wildman–Crippen MR) is 105 cm³/mol. The molecule has 0 aliphatic carbocycles. The number of aryl methyl sites for hydroxylation is 1. The van der Waals surface area contributed by atoms with Crippen molar-refractivity contribution in [3.8, 4) is 0 Å². The fourth-order valence-corrected chi connectivity index (χ4v) is 3.04. The summed E-state index contributed by atoms with van der Waals surface area (Å²) in [5, 5.41) is 4.06. The Kier molecular flexibility index (Phi) is 5.49. The Morgan fingerprint density at radius 1 is 1.15 bits per heavy atom. The van der Waals surface area contributed by atoms with Crippen molar-refractivity contribution in [2.24, 2.45) is 7.05 Å². The zero-order chi connectivity index (χ0) is 18.7. The number of nitrogens with one attached hydrogen (secondary N) is 1. The number of rotatable bonds is 4. The van der Waals surface area contributed by atoms with Gasteiger partial charge >= 0.3 is 6.03 Å². The zero-order valence-electron chi connectivity index (χ0n) is 14.4. The summed E-state index contributed by atoms with van der Waals surface area (Å²) in [5.74, 6) is 0.746. The van der Waals surface area contributed by atoms with Crippen LogP contribution in [-0.4, -0.2) is 27.5 Å². The highest BCUT2D eigenvalue weighted by Crippen LogP contribution is 2.28. The van der Waals surface area contributed by atoms with E-state index < -0.39 is 0 Å². The van der Waals surface area contributed by atoms with Crippen LogP contribution in [-0.2, 0) is 7.05 Å². The molecule has 0 aliphatic rings. The van der Waals surface area contributed by atoms with E-state index in [4.69, 9.17) is 23.2 Å². The predicted octanol–water partition coefficient (Wildman–Crippen LogP) is 4.98. The monoisotopic (exact) mass is 388 g/mol. The molecule has 7 heteroatoms. The molecule has 0 spiro atoms. The smallest absolute Gasteiger partial charge is 0.322 e. The lowest BCUT2D eigenvalue weighted by atomic mass is 10.1. The lowest BCUT2D eigenvalue weighted by Gasteiger charge is -2.28. The van der Waals surface area contributed by atoms with Crippen LogP contribution in [0.5, 0.6) is 0 Å². The first kappa shape index (κ1) is 18.3. The molecule has 0 fully saturated rings. The van der Waals surface area contributed by atoms with E-state index in [0.29, 0.717) is 15.7 Å². The van der Waals surface area contributed by atoms with Gasteiger partial charge in [-0.1, -0.05) is 41.4 Å². The Labute approximate surface area is 162 Å². The van der Waals surface area contributed by atoms with Crippen molar-refractivity contribution in [2.45, 2.75) is 6.04 Å². The summed E-state index contributed by atoms with van der Waals surface area (Å²) in [4.78, 5) is 18.9. The Balaban J connectivity index is 1.92. The van der Waals surface area contributed by atoms with Gasteiger partial charge in [0.25, 0.3) is 0 Å². The first-order chi connectivity index (χ1) is 12.5. The van der Waals surface area contributed by atoms with Crippen molar-refractivity contribution in [2.75, 3.05) is 12.4 Å². The first-order valence-electron chi connectivity index (χ1n) is 7.98. The summed E-state index contributed by atoms with van der Waals surface area (Å²) in [5.41, 5.74) is 1.54. The zero-order valence-corrected chi connectivity index (χ0v) is 15.9. The highest BCUT2D eigenvalue weighted by atomic mass is 35.5. The number of aromatic nitrogens is 2. The minimum atomic E-state index is -0.369. The molecule has 1 heterocycles. The number of hydrogen-bond acceptors (Lipinski definition) is 2. The van der Waals surface area contributed by atoms with Gasteiger partial charge < -0.3 is 14.8 Å². The van der Waals surface area contributed by atoms with E-state index in [2.05, 4.69) is 10.3 Å². The van der Waals surface area contributed by atoms with Crippen LogP contribution in [0.1, 0.15) is 17.4 Å². The highest BCUT2D eigenvalue weighted by molar-refractivity contribution is 6.31. The molecule has 26 heavy (non-hydrogen) atoms. The van der Waals surface area contributed by atoms with Crippen LogP contribution in [0.4, 0.5) is 10.5 Å². The molecule has 2 amide bonds. The molecule has 2 aromatic carbocycles. The van der Waals surface area contributed by atoms with Crippen LogP contribution in [0.3, 0.4) is 0 Å². The number of halogens is 2. The molecular weight excluding hydrogens is 371 g/mol. The van der Waals surface area contributed by atoms with Crippen molar-refractivity contribution in [3.05, 3.63) is 82.4 Å². The lowest BCUT2D eigenvalue weighted by Crippen LogP contribution is -2.36. The lowest BCUT2D eigenvalue weighted by molar-refractivity contribution is 0.209. The van der Waals surface area contributed by atoms with E-state index in [9.17, 15) is 4.79 Å². The molecule has 0 saturated carbocycles. The minimum Gasteiger partial charge on any atom is -0.336 e. The van der Waals surface area contributed by atoms with Gasteiger partial charge in [-0.25, -0.2) is 9.78 Å². The van der Waals surface area contributed by atoms with Crippen LogP contribution in [0.2, 0.25) is 10.0 Å². The maximum atomic E-state index is 12.8. The molecule has 0 aliphatic heterocycles. The summed E-state index contributed by atoms with van der Waals surface area (Å²) in [6.07, 6.45) is 3.56. The number of urea groups is 1. The minimum absolute atomic E-state index is 0.268. The van der Waals surface area contributed by atoms with Crippen LogP contribution >= 0.6 is 23.2 Å². The van der Waals surface area contributed by atoms with Crippen LogP contribution < -0.4 is 5.32 Å². The molecule has 5 nitrogen and oxygen atoms in total. The highest BCUT2D eigenvalue weighted by Gasteiger charge is 2.27. The molecular formula is C19H18Cl2N4O. The first-order valence-corrected chi connectivity index (χ1v) is 8.73. The number of amides is 2. The number of anilines is 1. The average Bonchev–Trinajstić information content (AvgIpc) is 3.02. The molecule has 0 unspecified atom stereocenters. The number of imidazole rings is 1. The molecule has 1 N–H and O–H groups in total. The third-order valence-electron chi connectivity index (χ3n) is 4.07. The Morgan fingerprint density at radius 3 is 2.50 bits per heavy atom. The van der Waals surface area contributed by atoms with Crippen LogP contribution in [0.25, 0.3) is 0 Å². The SMILES string of the molecule is CN(C(=O)Nc1cccc(Cl)c1)[C@@H](c1ccc(Cl)cc1)c1nccn1C. The summed E-state index contributed by atoms with van der Waals surface area (Å²) in [6, 6.07) is 13.8. The summed E-state index contributed by atoms with van der Waals surface area (Å²) in [7, 11) is 3.63. The third kappa shape index (κ3) is 4.00. The van der Waals surface area contributed by atoms with Crippen molar-refractivity contribution in [1.82, 2.24) is 14.5 Å². The Bertz CT molecular complexity index is 908. The Hall–Kier alpha value is -2.50. The maximum absolute atomic E-state index is 12.8. The second kappa shape index (κ2) is 7.81. The largest absolute Gasteiger partial charge is 0.336 e. The maximum Gasteiger partial charge on any atom is 0.322 e. The van der Waals surface area contributed by atoms with Crippen molar-refractivity contribution < 1.29 is 4.79 Å². The molecule has 0 bridgehead atoms. The second-order valence-electron chi connectivity index (χ2n) is 5.90. The van der Waals surface area contributed by atoms with Gasteiger partial charge in [0.1, 0.15) is 11.9 Å². The molecule has 3 rings (SSSR count). The number of nitrogens with zero attached hydrogens (tertiary/aromatic N) is 3. The van der Waals surface area contributed by atoms with Crippen LogP contribution in [0, 0.1) is 0 Å². The molecule has 3 aromatic rings. The van der Waals surface area contributed by atoms with Gasteiger partial charge in [-0.2, -0.15) is 0 Å². The van der Waals surface area contributed by atoms with E-state index in [1.165, 1.54) is 0 Å². The third-order valence-corrected chi connectivity index (χ3v) is 4.56. The fourth-order valence-electron chi connectivity index (χ4n) is 2.73. The van der Waals surface area contributed by atoms with Crippen molar-refractivity contribution in [3.63, 3.8) is 0 Å². The molecule has 0 saturated heterocycles. The summed E-state index contributed by atoms with van der Waals surface area (Å²) >= 11 is 12.0. The van der Waals surface area contributed by atoms with Gasteiger partial charge in [0.15, 0.2) is 0 Å². The number of hydrogen-bond donors (Lipinski definition) is 1. The topological polar surface area (TPSA) is 50.2 Å². The summed E-state index contributed by atoms with van der Waals surface area (Å²) in [6.45, 7) is 0. The second-order valence-corrected chi connectivity index (χ2v) is 6.77. The van der Waals surface area contributed by atoms with Crippen molar-refractivity contribution in [1.29, 1.82) is 0 Å². The van der Waals surface area contributed by atoms with E-state index in [0.717, 1.165) is 11.4 Å². The van der Waals surface area contributed by atoms with E-state index in [1.54, 1.807) is 54.5 Å². The normalized spacial score (nSPS) is 11.8. The van der Waals surface area contributed by atoms with Gasteiger partial charge in [-0.3, -0.25) is 0 Å². The van der Waals surface area contributed by atoms with E-state index >= 15 is 0 Å². The Morgan fingerprint density at radius 2 is 1.88 bits per heavy atom. The van der Waals surface area contributed by atoms with Gasteiger partial charge in [0, 0.05) is 42.2 Å². The van der Waals surface area contributed by atoms with Gasteiger partial charge in [0.05, 0.1) is 0 Å². The van der Waals surface area contributed by atoms with Gasteiger partial charge in [-0.05, 0) is 35.9 Å². The van der Waals surface area contributed by atoms with Crippen molar-refractivity contribution >= 4 is 34.9 Å².